The number of benzene rings is 1. The summed E-state index contributed by atoms with van der Waals surface area (Å²) < 4.78 is 0. The van der Waals surface area contributed by atoms with Crippen molar-refractivity contribution in [2.45, 2.75) is 18.4 Å². The van der Waals surface area contributed by atoms with Crippen molar-refractivity contribution in [2.24, 2.45) is 0 Å². The standard InChI is InChI=1S/C9H11NO2S/c1-2-13-9-5-3-8(4-6-9)7-10(11)12/h3-6H,2,7H2,1H3. The lowest BCUT2D eigenvalue weighted by molar-refractivity contribution is -0.496. The highest BCUT2D eigenvalue weighted by atomic mass is 32.2. The van der Waals surface area contributed by atoms with E-state index in [1.165, 1.54) is 0 Å². The third kappa shape index (κ3) is 3.46. The second kappa shape index (κ2) is 4.87. The van der Waals surface area contributed by atoms with E-state index in [9.17, 15) is 10.1 Å². The predicted octanol–water partition coefficient (Wildman–Crippen LogP) is 2.58. The second-order valence-electron chi connectivity index (χ2n) is 2.57. The third-order valence-corrected chi connectivity index (χ3v) is 2.44. The van der Waals surface area contributed by atoms with Crippen molar-refractivity contribution >= 4 is 11.8 Å². The Bertz CT molecular complexity index is 284. The molecule has 0 aliphatic heterocycles. The van der Waals surface area contributed by atoms with Crippen LogP contribution < -0.4 is 0 Å². The van der Waals surface area contributed by atoms with E-state index in [-0.39, 0.29) is 11.5 Å². The molecule has 0 aliphatic carbocycles. The molecule has 0 aromatic heterocycles. The lowest BCUT2D eigenvalue weighted by Gasteiger charge is -1.98. The molecule has 0 saturated carbocycles. The van der Waals surface area contributed by atoms with Gasteiger partial charge in [0, 0.05) is 15.4 Å². The van der Waals surface area contributed by atoms with Crippen molar-refractivity contribution in [1.82, 2.24) is 0 Å². The van der Waals surface area contributed by atoms with E-state index >= 15 is 0 Å². The molecule has 0 bridgehead atoms. The van der Waals surface area contributed by atoms with Gasteiger partial charge in [-0.05, 0) is 17.9 Å². The van der Waals surface area contributed by atoms with Crippen molar-refractivity contribution in [2.75, 3.05) is 5.75 Å². The maximum absolute atomic E-state index is 10.2. The van der Waals surface area contributed by atoms with Crippen LogP contribution in [0, 0.1) is 10.1 Å². The van der Waals surface area contributed by atoms with Crippen LogP contribution in [0.1, 0.15) is 12.5 Å². The van der Waals surface area contributed by atoms with Gasteiger partial charge in [0.15, 0.2) is 0 Å². The molecule has 1 rings (SSSR count). The molecule has 1 aromatic carbocycles. The van der Waals surface area contributed by atoms with E-state index in [0.717, 1.165) is 16.2 Å². The first-order chi connectivity index (χ1) is 6.22. The van der Waals surface area contributed by atoms with Crippen LogP contribution in [0.25, 0.3) is 0 Å². The summed E-state index contributed by atoms with van der Waals surface area (Å²) in [5, 5.41) is 10.2. The first-order valence-electron chi connectivity index (χ1n) is 4.06. The minimum atomic E-state index is -0.317. The number of thioether (sulfide) groups is 1. The van der Waals surface area contributed by atoms with Crippen molar-refractivity contribution < 1.29 is 4.92 Å². The molecule has 0 spiro atoms. The van der Waals surface area contributed by atoms with Gasteiger partial charge in [0.05, 0.1) is 0 Å². The number of rotatable bonds is 4. The molecule has 3 nitrogen and oxygen atoms in total. The fraction of sp³-hybridized carbons (Fsp3) is 0.333. The summed E-state index contributed by atoms with van der Waals surface area (Å²) in [6.45, 7) is 1.99. The number of hydrogen-bond acceptors (Lipinski definition) is 3. The molecule has 1 aromatic rings. The summed E-state index contributed by atoms with van der Waals surface area (Å²) in [6, 6.07) is 7.46. The molecule has 13 heavy (non-hydrogen) atoms. The highest BCUT2D eigenvalue weighted by Crippen LogP contribution is 2.17. The van der Waals surface area contributed by atoms with Crippen molar-refractivity contribution in [3.8, 4) is 0 Å². The Morgan fingerprint density at radius 2 is 2.00 bits per heavy atom. The molecule has 0 amide bonds. The van der Waals surface area contributed by atoms with Gasteiger partial charge in [0.25, 0.3) is 0 Å². The molecule has 70 valence electrons. The van der Waals surface area contributed by atoms with Crippen LogP contribution in [0.4, 0.5) is 0 Å². The summed E-state index contributed by atoms with van der Waals surface area (Å²) in [5.41, 5.74) is 0.755. The van der Waals surface area contributed by atoms with Crippen LogP contribution in [0.2, 0.25) is 0 Å². The summed E-state index contributed by atoms with van der Waals surface area (Å²) in [4.78, 5) is 11.0. The van der Waals surface area contributed by atoms with Crippen LogP contribution in [0.15, 0.2) is 29.2 Å². The zero-order chi connectivity index (χ0) is 9.68. The highest BCUT2D eigenvalue weighted by molar-refractivity contribution is 7.99. The Kier molecular flexibility index (Phi) is 3.76. The fourth-order valence-electron chi connectivity index (χ4n) is 1.01. The zero-order valence-corrected chi connectivity index (χ0v) is 8.21. The number of hydrogen-bond donors (Lipinski definition) is 0. The lowest BCUT2D eigenvalue weighted by atomic mass is 10.2. The molecule has 0 radical (unpaired) electrons. The van der Waals surface area contributed by atoms with Gasteiger partial charge in [-0.15, -0.1) is 11.8 Å². The van der Waals surface area contributed by atoms with Gasteiger partial charge in [-0.1, -0.05) is 19.1 Å². The normalized spacial score (nSPS) is 9.92. The molecular weight excluding hydrogens is 186 g/mol. The van der Waals surface area contributed by atoms with Gasteiger partial charge in [-0.2, -0.15) is 0 Å². The van der Waals surface area contributed by atoms with Gasteiger partial charge in [-0.3, -0.25) is 10.1 Å². The third-order valence-electron chi connectivity index (χ3n) is 1.55. The van der Waals surface area contributed by atoms with E-state index in [4.69, 9.17) is 0 Å². The topological polar surface area (TPSA) is 43.1 Å². The summed E-state index contributed by atoms with van der Waals surface area (Å²) in [5.74, 6) is 1.02. The van der Waals surface area contributed by atoms with E-state index in [2.05, 4.69) is 6.92 Å². The highest BCUT2D eigenvalue weighted by Gasteiger charge is 2.00. The average molecular weight is 197 g/mol. The summed E-state index contributed by atoms with van der Waals surface area (Å²) >= 11 is 1.73. The molecule has 0 fully saturated rings. The first kappa shape index (κ1) is 10.1. The van der Waals surface area contributed by atoms with E-state index in [1.807, 2.05) is 12.1 Å². The van der Waals surface area contributed by atoms with Gasteiger partial charge in [0.2, 0.25) is 6.54 Å². The van der Waals surface area contributed by atoms with Crippen molar-refractivity contribution in [3.63, 3.8) is 0 Å². The largest absolute Gasteiger partial charge is 0.264 e. The SMILES string of the molecule is CCSc1ccc(C[N+](=O)[O-])cc1. The van der Waals surface area contributed by atoms with Crippen molar-refractivity contribution in [3.05, 3.63) is 39.9 Å². The molecule has 0 saturated heterocycles. The van der Waals surface area contributed by atoms with Gasteiger partial charge in [-0.25, -0.2) is 0 Å². The van der Waals surface area contributed by atoms with Crippen LogP contribution in [-0.2, 0) is 6.54 Å². The van der Waals surface area contributed by atoms with Crippen LogP contribution in [-0.4, -0.2) is 10.7 Å². The van der Waals surface area contributed by atoms with Gasteiger partial charge >= 0.3 is 0 Å². The number of nitrogens with zero attached hydrogens (tertiary/aromatic N) is 1. The quantitative estimate of drug-likeness (QED) is 0.423. The Balaban J connectivity index is 2.64. The summed E-state index contributed by atoms with van der Waals surface area (Å²) in [7, 11) is 0. The molecular formula is C9H11NO2S. The van der Waals surface area contributed by atoms with Crippen LogP contribution in [0.3, 0.4) is 0 Å². The molecule has 0 aliphatic rings. The minimum absolute atomic E-state index is 0.0862. The Labute approximate surface area is 81.3 Å². The molecule has 0 unspecified atom stereocenters. The van der Waals surface area contributed by atoms with Gasteiger partial charge < -0.3 is 0 Å². The van der Waals surface area contributed by atoms with E-state index < -0.39 is 0 Å². The average Bonchev–Trinajstić information content (AvgIpc) is 2.08. The molecule has 0 N–H and O–H groups in total. The first-order valence-corrected chi connectivity index (χ1v) is 5.04. The van der Waals surface area contributed by atoms with E-state index in [1.54, 1.807) is 23.9 Å². The summed E-state index contributed by atoms with van der Waals surface area (Å²) in [6.07, 6.45) is 0. The van der Waals surface area contributed by atoms with Crippen LogP contribution in [0.5, 0.6) is 0 Å². The fourth-order valence-corrected chi connectivity index (χ4v) is 1.67. The maximum atomic E-state index is 10.2. The maximum Gasteiger partial charge on any atom is 0.228 e. The predicted molar refractivity (Wildman–Crippen MR) is 53.5 cm³/mol. The Morgan fingerprint density at radius 3 is 2.46 bits per heavy atom. The van der Waals surface area contributed by atoms with E-state index in [0.29, 0.717) is 0 Å². The Morgan fingerprint density at radius 1 is 1.38 bits per heavy atom. The minimum Gasteiger partial charge on any atom is -0.264 e. The van der Waals surface area contributed by atoms with Gasteiger partial charge in [0.1, 0.15) is 0 Å². The Hall–Kier alpha value is -1.03. The number of nitro groups is 1. The van der Waals surface area contributed by atoms with Crippen LogP contribution >= 0.6 is 11.8 Å². The monoisotopic (exact) mass is 197 g/mol. The molecule has 0 atom stereocenters. The molecule has 4 heteroatoms. The smallest absolute Gasteiger partial charge is 0.228 e. The second-order valence-corrected chi connectivity index (χ2v) is 3.91. The zero-order valence-electron chi connectivity index (χ0n) is 7.40. The van der Waals surface area contributed by atoms with Crippen molar-refractivity contribution in [1.29, 1.82) is 0 Å². The lowest BCUT2D eigenvalue weighted by Crippen LogP contribution is -1.97. The molecule has 0 heterocycles.